The van der Waals surface area contributed by atoms with Crippen LogP contribution in [0, 0.1) is 25.2 Å². The largest absolute Gasteiger partial charge is 0.344 e. The summed E-state index contributed by atoms with van der Waals surface area (Å²) in [5, 5.41) is 10.1. The number of nitrogens with zero attached hydrogens (tertiary/aromatic N) is 5. The Hall–Kier alpha value is -3.25. The molecule has 0 bridgehead atoms. The molecule has 1 aliphatic rings. The summed E-state index contributed by atoms with van der Waals surface area (Å²) < 4.78 is 0. The lowest BCUT2D eigenvalue weighted by Crippen LogP contribution is -2.48. The first kappa shape index (κ1) is 20.0. The number of aromatic nitrogens is 3. The number of H-pyrrole nitrogens is 1. The lowest BCUT2D eigenvalue weighted by Gasteiger charge is -2.34. The Balaban J connectivity index is 1.37. The first-order valence-electron chi connectivity index (χ1n) is 9.84. The van der Waals surface area contributed by atoms with Crippen LogP contribution in [0.1, 0.15) is 28.8 Å². The molecule has 1 N–H and O–H groups in total. The van der Waals surface area contributed by atoms with Gasteiger partial charge in [-0.1, -0.05) is 11.3 Å². The number of piperazine rings is 1. The van der Waals surface area contributed by atoms with E-state index < -0.39 is 0 Å². The van der Waals surface area contributed by atoms with Crippen LogP contribution in [0.3, 0.4) is 0 Å². The van der Waals surface area contributed by atoms with Crippen molar-refractivity contribution >= 4 is 32.7 Å². The van der Waals surface area contributed by atoms with Crippen molar-refractivity contribution in [2.75, 3.05) is 31.1 Å². The Morgan fingerprint density at radius 1 is 1.30 bits per heavy atom. The van der Waals surface area contributed by atoms with Gasteiger partial charge in [0.05, 0.1) is 0 Å². The topological polar surface area (TPSA) is 106 Å². The molecule has 0 saturated carbocycles. The first-order chi connectivity index (χ1) is 14.5. The SMILES string of the molecule is Cc1[nH]c(=O)c(C#N)c(C)c1CCC(=O)N1CCN(c2nc3cccnc3s2)CC1. The number of hydrogen-bond donors (Lipinski definition) is 1. The number of anilines is 1. The van der Waals surface area contributed by atoms with E-state index in [1.54, 1.807) is 31.4 Å². The van der Waals surface area contributed by atoms with Gasteiger partial charge in [-0.3, -0.25) is 9.59 Å². The van der Waals surface area contributed by atoms with Crippen LogP contribution in [0.15, 0.2) is 23.1 Å². The van der Waals surface area contributed by atoms with Crippen molar-refractivity contribution in [2.45, 2.75) is 26.7 Å². The predicted molar refractivity (Wildman–Crippen MR) is 116 cm³/mol. The summed E-state index contributed by atoms with van der Waals surface area (Å²) >= 11 is 1.57. The van der Waals surface area contributed by atoms with Gasteiger partial charge in [0.2, 0.25) is 5.91 Å². The zero-order chi connectivity index (χ0) is 21.3. The number of aryl methyl sites for hydroxylation is 1. The number of pyridine rings is 2. The molecule has 4 heterocycles. The Morgan fingerprint density at radius 2 is 2.07 bits per heavy atom. The number of fused-ring (bicyclic) bond motifs is 1. The number of nitriles is 1. The minimum atomic E-state index is -0.372. The number of carbonyl (C=O) groups is 1. The third-order valence-electron chi connectivity index (χ3n) is 5.57. The fourth-order valence-electron chi connectivity index (χ4n) is 3.85. The molecule has 0 spiro atoms. The molecule has 0 atom stereocenters. The summed E-state index contributed by atoms with van der Waals surface area (Å²) in [5.74, 6) is 0.0872. The molecule has 4 rings (SSSR count). The third kappa shape index (κ3) is 3.78. The van der Waals surface area contributed by atoms with Gasteiger partial charge in [-0.15, -0.1) is 0 Å². The second-order valence-corrected chi connectivity index (χ2v) is 8.32. The second-order valence-electron chi connectivity index (χ2n) is 7.36. The van der Waals surface area contributed by atoms with Gasteiger partial charge in [-0.2, -0.15) is 5.26 Å². The highest BCUT2D eigenvalue weighted by atomic mass is 32.1. The Morgan fingerprint density at radius 3 is 2.77 bits per heavy atom. The van der Waals surface area contributed by atoms with E-state index in [1.807, 2.05) is 23.1 Å². The Kier molecular flexibility index (Phi) is 5.50. The number of nitrogens with one attached hydrogen (secondary N) is 1. The maximum Gasteiger partial charge on any atom is 0.266 e. The summed E-state index contributed by atoms with van der Waals surface area (Å²) in [7, 11) is 0. The lowest BCUT2D eigenvalue weighted by molar-refractivity contribution is -0.131. The molecular weight excluding hydrogens is 400 g/mol. The number of thiazole rings is 1. The minimum Gasteiger partial charge on any atom is -0.344 e. The van der Waals surface area contributed by atoms with Crippen molar-refractivity contribution in [1.82, 2.24) is 19.9 Å². The van der Waals surface area contributed by atoms with Crippen LogP contribution in [-0.2, 0) is 11.2 Å². The maximum absolute atomic E-state index is 12.7. The van der Waals surface area contributed by atoms with Crippen molar-refractivity contribution in [3.05, 3.63) is 51.1 Å². The summed E-state index contributed by atoms with van der Waals surface area (Å²) in [6.07, 6.45) is 2.63. The smallest absolute Gasteiger partial charge is 0.266 e. The molecule has 1 amide bonds. The van der Waals surface area contributed by atoms with Crippen molar-refractivity contribution in [2.24, 2.45) is 0 Å². The van der Waals surface area contributed by atoms with Crippen LogP contribution >= 0.6 is 11.3 Å². The molecule has 3 aromatic heterocycles. The minimum absolute atomic E-state index is 0.0872. The van der Waals surface area contributed by atoms with Crippen molar-refractivity contribution in [3.8, 4) is 6.07 Å². The van der Waals surface area contributed by atoms with Crippen LogP contribution in [0.5, 0.6) is 0 Å². The van der Waals surface area contributed by atoms with Gasteiger partial charge in [0, 0.05) is 44.5 Å². The number of carbonyl (C=O) groups excluding carboxylic acids is 1. The van der Waals surface area contributed by atoms with Gasteiger partial charge in [-0.05, 0) is 43.5 Å². The molecule has 1 aliphatic heterocycles. The predicted octanol–water partition coefficient (Wildman–Crippen LogP) is 2.15. The molecule has 1 fully saturated rings. The zero-order valence-electron chi connectivity index (χ0n) is 16.9. The van der Waals surface area contributed by atoms with Crippen LogP contribution in [0.25, 0.3) is 10.3 Å². The normalized spacial score (nSPS) is 14.2. The van der Waals surface area contributed by atoms with Gasteiger partial charge in [0.25, 0.3) is 5.56 Å². The zero-order valence-corrected chi connectivity index (χ0v) is 17.8. The van der Waals surface area contributed by atoms with Crippen LogP contribution in [-0.4, -0.2) is 51.9 Å². The lowest BCUT2D eigenvalue weighted by atomic mass is 9.99. The Labute approximate surface area is 177 Å². The molecule has 0 unspecified atom stereocenters. The maximum atomic E-state index is 12.7. The van der Waals surface area contributed by atoms with Gasteiger partial charge in [0.1, 0.15) is 22.0 Å². The van der Waals surface area contributed by atoms with E-state index >= 15 is 0 Å². The molecule has 154 valence electrons. The Bertz CT molecular complexity index is 1170. The molecule has 30 heavy (non-hydrogen) atoms. The average Bonchev–Trinajstić information content (AvgIpc) is 3.18. The van der Waals surface area contributed by atoms with Gasteiger partial charge >= 0.3 is 0 Å². The highest BCUT2D eigenvalue weighted by Crippen LogP contribution is 2.27. The van der Waals surface area contributed by atoms with E-state index in [9.17, 15) is 14.9 Å². The van der Waals surface area contributed by atoms with Crippen molar-refractivity contribution in [3.63, 3.8) is 0 Å². The summed E-state index contributed by atoms with van der Waals surface area (Å²) in [6.45, 7) is 6.35. The fourth-order valence-corrected chi connectivity index (χ4v) is 4.81. The average molecular weight is 423 g/mol. The molecule has 0 aromatic carbocycles. The number of amides is 1. The fraction of sp³-hybridized carbons (Fsp3) is 0.381. The van der Waals surface area contributed by atoms with Crippen LogP contribution in [0.4, 0.5) is 5.13 Å². The van der Waals surface area contributed by atoms with Crippen molar-refractivity contribution < 1.29 is 4.79 Å². The van der Waals surface area contributed by atoms with E-state index in [1.165, 1.54) is 0 Å². The molecule has 0 aliphatic carbocycles. The van der Waals surface area contributed by atoms with Crippen molar-refractivity contribution in [1.29, 1.82) is 5.26 Å². The standard InChI is InChI=1S/C21H22N6O2S/c1-13-15(14(2)24-19(29)16(13)12-22)5-6-18(28)26-8-10-27(11-9-26)21-25-17-4-3-7-23-20(17)30-21/h3-4,7H,5-6,8-11H2,1-2H3,(H,24,29). The monoisotopic (exact) mass is 422 g/mol. The molecule has 1 saturated heterocycles. The molecular formula is C21H22N6O2S. The molecule has 8 nitrogen and oxygen atoms in total. The number of rotatable bonds is 4. The second kappa shape index (κ2) is 8.24. The molecule has 0 radical (unpaired) electrons. The molecule has 3 aromatic rings. The third-order valence-corrected chi connectivity index (χ3v) is 6.61. The van der Waals surface area contributed by atoms with E-state index in [-0.39, 0.29) is 17.0 Å². The highest BCUT2D eigenvalue weighted by molar-refractivity contribution is 7.21. The van der Waals surface area contributed by atoms with Crippen LogP contribution in [0.2, 0.25) is 0 Å². The summed E-state index contributed by atoms with van der Waals surface area (Å²) in [4.78, 5) is 41.3. The van der Waals surface area contributed by atoms with E-state index in [0.29, 0.717) is 31.5 Å². The highest BCUT2D eigenvalue weighted by Gasteiger charge is 2.23. The first-order valence-corrected chi connectivity index (χ1v) is 10.7. The van der Waals surface area contributed by atoms with Gasteiger partial charge in [0.15, 0.2) is 5.13 Å². The molecule has 9 heteroatoms. The van der Waals surface area contributed by atoms with Gasteiger partial charge < -0.3 is 14.8 Å². The van der Waals surface area contributed by atoms with E-state index in [4.69, 9.17) is 0 Å². The quantitative estimate of drug-likeness (QED) is 0.691. The number of hydrogen-bond acceptors (Lipinski definition) is 7. The van der Waals surface area contributed by atoms with E-state index in [2.05, 4.69) is 19.9 Å². The van der Waals surface area contributed by atoms with Gasteiger partial charge in [-0.25, -0.2) is 9.97 Å². The summed E-state index contributed by atoms with van der Waals surface area (Å²) in [6, 6.07) is 5.80. The number of aromatic amines is 1. The summed E-state index contributed by atoms with van der Waals surface area (Å²) in [5.41, 5.74) is 2.92. The van der Waals surface area contributed by atoms with E-state index in [0.717, 1.165) is 39.8 Å². The van der Waals surface area contributed by atoms with Crippen LogP contribution < -0.4 is 10.5 Å².